The number of hydrogen-bond donors (Lipinski definition) is 1. The van der Waals surface area contributed by atoms with Crippen molar-refractivity contribution in [3.8, 4) is 0 Å². The van der Waals surface area contributed by atoms with Crippen molar-refractivity contribution in [2.24, 2.45) is 0 Å². The summed E-state index contributed by atoms with van der Waals surface area (Å²) in [5.74, 6) is 1.17. The summed E-state index contributed by atoms with van der Waals surface area (Å²) in [5, 5.41) is 3.34. The number of esters is 1. The summed E-state index contributed by atoms with van der Waals surface area (Å²) in [6, 6.07) is 0. The van der Waals surface area contributed by atoms with Gasteiger partial charge in [-0.05, 0) is 32.4 Å². The first-order valence-electron chi connectivity index (χ1n) is 5.66. The van der Waals surface area contributed by atoms with Gasteiger partial charge in [0.1, 0.15) is 0 Å². The number of nitrogens with one attached hydrogen (secondary N) is 1. The summed E-state index contributed by atoms with van der Waals surface area (Å²) in [7, 11) is 0. The molecular weight excluding hydrogens is 210 g/mol. The number of carbonyl (C=O) groups is 1. The van der Waals surface area contributed by atoms with Crippen molar-refractivity contribution in [2.45, 2.75) is 37.9 Å². The quantitative estimate of drug-likeness (QED) is 0.559. The Hall–Kier alpha value is -0.220. The second-order valence-electron chi connectivity index (χ2n) is 4.13. The molecule has 1 atom stereocenters. The van der Waals surface area contributed by atoms with Crippen LogP contribution in [0.15, 0.2) is 0 Å². The fourth-order valence-electron chi connectivity index (χ4n) is 1.75. The van der Waals surface area contributed by atoms with Gasteiger partial charge in [-0.25, -0.2) is 0 Å². The molecule has 1 unspecified atom stereocenters. The normalized spacial score (nSPS) is 25.5. The highest BCUT2D eigenvalue weighted by molar-refractivity contribution is 8.00. The molecular formula is C11H21NO2S. The predicted octanol–water partition coefficient (Wildman–Crippen LogP) is 1.81. The minimum Gasteiger partial charge on any atom is -0.466 e. The molecule has 4 heteroatoms. The van der Waals surface area contributed by atoms with E-state index >= 15 is 0 Å². The summed E-state index contributed by atoms with van der Waals surface area (Å²) >= 11 is 2.04. The van der Waals surface area contributed by atoms with Crippen molar-refractivity contribution < 1.29 is 9.53 Å². The van der Waals surface area contributed by atoms with Crippen LogP contribution in [0.4, 0.5) is 0 Å². The van der Waals surface area contributed by atoms with Gasteiger partial charge in [0.15, 0.2) is 0 Å². The van der Waals surface area contributed by atoms with Crippen molar-refractivity contribution in [3.63, 3.8) is 0 Å². The highest BCUT2D eigenvalue weighted by atomic mass is 32.2. The van der Waals surface area contributed by atoms with Crippen LogP contribution in [0.3, 0.4) is 0 Å². The van der Waals surface area contributed by atoms with Gasteiger partial charge < -0.3 is 10.1 Å². The Balaban J connectivity index is 2.03. The molecule has 1 N–H and O–H groups in total. The van der Waals surface area contributed by atoms with E-state index in [0.717, 1.165) is 13.1 Å². The van der Waals surface area contributed by atoms with E-state index in [2.05, 4.69) is 12.2 Å². The van der Waals surface area contributed by atoms with E-state index in [0.29, 0.717) is 17.8 Å². The van der Waals surface area contributed by atoms with Gasteiger partial charge in [0.2, 0.25) is 0 Å². The first kappa shape index (κ1) is 12.8. The molecule has 88 valence electrons. The van der Waals surface area contributed by atoms with Crippen LogP contribution in [0.25, 0.3) is 0 Å². The minimum atomic E-state index is -0.103. The summed E-state index contributed by atoms with van der Waals surface area (Å²) < 4.78 is 5.24. The van der Waals surface area contributed by atoms with Crippen LogP contribution >= 0.6 is 11.8 Å². The lowest BCUT2D eigenvalue weighted by molar-refractivity contribution is -0.142. The summed E-state index contributed by atoms with van der Waals surface area (Å²) in [5.41, 5.74) is 0. The zero-order valence-corrected chi connectivity index (χ0v) is 10.5. The van der Waals surface area contributed by atoms with Crippen LogP contribution in [-0.2, 0) is 9.53 Å². The molecule has 0 aromatic rings. The van der Waals surface area contributed by atoms with Crippen LogP contribution in [0.2, 0.25) is 0 Å². The van der Waals surface area contributed by atoms with E-state index < -0.39 is 0 Å². The number of carbonyl (C=O) groups excluding carboxylic acids is 1. The SMILES string of the molecule is CCOC(=O)CCNCC1(C)CCCS1. The zero-order chi connectivity index (χ0) is 11.1. The average Bonchev–Trinajstić information content (AvgIpc) is 2.61. The van der Waals surface area contributed by atoms with Crippen LogP contribution in [0.1, 0.15) is 33.1 Å². The molecule has 1 aliphatic heterocycles. The van der Waals surface area contributed by atoms with E-state index in [9.17, 15) is 4.79 Å². The molecule has 1 aliphatic rings. The third kappa shape index (κ3) is 4.89. The van der Waals surface area contributed by atoms with Gasteiger partial charge in [-0.2, -0.15) is 11.8 Å². The van der Waals surface area contributed by atoms with Gasteiger partial charge in [0, 0.05) is 17.8 Å². The molecule has 0 bridgehead atoms. The Labute approximate surface area is 96.3 Å². The van der Waals surface area contributed by atoms with Gasteiger partial charge in [0.05, 0.1) is 13.0 Å². The summed E-state index contributed by atoms with van der Waals surface area (Å²) in [6.07, 6.45) is 3.08. The Morgan fingerprint density at radius 1 is 1.60 bits per heavy atom. The Bertz CT molecular complexity index is 203. The lowest BCUT2D eigenvalue weighted by atomic mass is 10.1. The Morgan fingerprint density at radius 2 is 2.40 bits per heavy atom. The lowest BCUT2D eigenvalue weighted by Gasteiger charge is -2.22. The zero-order valence-electron chi connectivity index (χ0n) is 9.67. The predicted molar refractivity (Wildman–Crippen MR) is 64.2 cm³/mol. The van der Waals surface area contributed by atoms with E-state index in [1.807, 2.05) is 18.7 Å². The first-order chi connectivity index (χ1) is 7.16. The average molecular weight is 231 g/mol. The fraction of sp³-hybridized carbons (Fsp3) is 0.909. The van der Waals surface area contributed by atoms with Gasteiger partial charge >= 0.3 is 5.97 Å². The summed E-state index contributed by atoms with van der Waals surface area (Å²) in [6.45, 7) is 6.34. The maximum absolute atomic E-state index is 11.1. The molecule has 0 saturated carbocycles. The second kappa shape index (κ2) is 6.38. The molecule has 1 fully saturated rings. The van der Waals surface area contributed by atoms with Gasteiger partial charge in [0.25, 0.3) is 0 Å². The van der Waals surface area contributed by atoms with Crippen LogP contribution in [0.5, 0.6) is 0 Å². The maximum atomic E-state index is 11.1. The second-order valence-corrected chi connectivity index (χ2v) is 5.82. The molecule has 1 saturated heterocycles. The molecule has 0 spiro atoms. The topological polar surface area (TPSA) is 38.3 Å². The van der Waals surface area contributed by atoms with Gasteiger partial charge in [-0.3, -0.25) is 4.79 Å². The van der Waals surface area contributed by atoms with E-state index in [-0.39, 0.29) is 5.97 Å². The molecule has 15 heavy (non-hydrogen) atoms. The van der Waals surface area contributed by atoms with E-state index in [1.54, 1.807) is 0 Å². The lowest BCUT2D eigenvalue weighted by Crippen LogP contribution is -2.34. The van der Waals surface area contributed by atoms with Crippen molar-refractivity contribution in [3.05, 3.63) is 0 Å². The van der Waals surface area contributed by atoms with Crippen LogP contribution in [-0.4, -0.2) is 36.2 Å². The standard InChI is InChI=1S/C11H21NO2S/c1-3-14-10(13)5-7-12-9-11(2)6-4-8-15-11/h12H,3-9H2,1-2H3. The van der Waals surface area contributed by atoms with Gasteiger partial charge in [-0.15, -0.1) is 0 Å². The summed E-state index contributed by atoms with van der Waals surface area (Å²) in [4.78, 5) is 11.1. The number of ether oxygens (including phenoxy) is 1. The fourth-order valence-corrected chi connectivity index (χ4v) is 3.03. The van der Waals surface area contributed by atoms with E-state index in [1.165, 1.54) is 18.6 Å². The van der Waals surface area contributed by atoms with Crippen LogP contribution in [0, 0.1) is 0 Å². The highest BCUT2D eigenvalue weighted by Gasteiger charge is 2.28. The number of rotatable bonds is 6. The Kier molecular flexibility index (Phi) is 5.47. The molecule has 3 nitrogen and oxygen atoms in total. The largest absolute Gasteiger partial charge is 0.466 e. The van der Waals surface area contributed by atoms with Crippen molar-refractivity contribution in [1.82, 2.24) is 5.32 Å². The van der Waals surface area contributed by atoms with Crippen LogP contribution < -0.4 is 5.32 Å². The van der Waals surface area contributed by atoms with Crippen molar-refractivity contribution in [1.29, 1.82) is 0 Å². The third-order valence-corrected chi connectivity index (χ3v) is 4.15. The maximum Gasteiger partial charge on any atom is 0.307 e. The monoisotopic (exact) mass is 231 g/mol. The first-order valence-corrected chi connectivity index (χ1v) is 6.65. The molecule has 0 amide bonds. The van der Waals surface area contributed by atoms with E-state index in [4.69, 9.17) is 4.74 Å². The molecule has 1 heterocycles. The molecule has 0 aromatic heterocycles. The third-order valence-electron chi connectivity index (χ3n) is 2.61. The number of thioether (sulfide) groups is 1. The molecule has 1 rings (SSSR count). The smallest absolute Gasteiger partial charge is 0.307 e. The molecule has 0 aromatic carbocycles. The Morgan fingerprint density at radius 3 is 3.00 bits per heavy atom. The molecule has 0 aliphatic carbocycles. The molecule has 0 radical (unpaired) electrons. The number of hydrogen-bond acceptors (Lipinski definition) is 4. The van der Waals surface area contributed by atoms with Crippen molar-refractivity contribution >= 4 is 17.7 Å². The van der Waals surface area contributed by atoms with Gasteiger partial charge in [-0.1, -0.05) is 0 Å². The minimum absolute atomic E-state index is 0.103. The van der Waals surface area contributed by atoms with Crippen molar-refractivity contribution in [2.75, 3.05) is 25.4 Å². The highest BCUT2D eigenvalue weighted by Crippen LogP contribution is 2.36.